The molecule has 2 heterocycles. The van der Waals surface area contributed by atoms with Gasteiger partial charge in [-0.05, 0) is 25.8 Å². The number of nitrogens with one attached hydrogen (secondary N) is 1. The minimum Gasteiger partial charge on any atom is -0.304 e. The Hall–Kier alpha value is 0.270. The van der Waals surface area contributed by atoms with E-state index in [1.54, 1.807) is 12.0 Å². The molecular formula is C8H13NOS. The van der Waals surface area contributed by atoms with Gasteiger partial charge in [0, 0.05) is 12.0 Å². The highest BCUT2D eigenvalue weighted by molar-refractivity contribution is 7.97. The van der Waals surface area contributed by atoms with Gasteiger partial charge in [0.25, 0.3) is 0 Å². The molecule has 0 aromatic heterocycles. The molecule has 0 radical (unpaired) electrons. The van der Waals surface area contributed by atoms with Crippen molar-refractivity contribution >= 4 is 12.0 Å². The molecule has 2 spiro atoms. The topological polar surface area (TPSA) is 21.3 Å². The maximum absolute atomic E-state index is 5.69. The fourth-order valence-corrected chi connectivity index (χ4v) is 3.74. The van der Waals surface area contributed by atoms with Gasteiger partial charge in [0.15, 0.2) is 0 Å². The molecule has 1 atom stereocenters. The summed E-state index contributed by atoms with van der Waals surface area (Å²) in [5, 5.41) is 3.53. The highest BCUT2D eigenvalue weighted by Gasteiger charge is 2.65. The van der Waals surface area contributed by atoms with Crippen molar-refractivity contribution in [3.05, 3.63) is 0 Å². The second-order valence-corrected chi connectivity index (χ2v) is 4.90. The van der Waals surface area contributed by atoms with E-state index in [1.165, 1.54) is 38.6 Å². The normalized spacial score (nSPS) is 45.8. The van der Waals surface area contributed by atoms with E-state index >= 15 is 0 Å². The molecule has 62 valence electrons. The zero-order valence-electron chi connectivity index (χ0n) is 6.56. The second kappa shape index (κ2) is 1.95. The number of hydrogen-bond acceptors (Lipinski definition) is 3. The second-order valence-electron chi connectivity index (χ2n) is 3.87. The van der Waals surface area contributed by atoms with E-state index in [-0.39, 0.29) is 5.60 Å². The van der Waals surface area contributed by atoms with Gasteiger partial charge in [-0.2, -0.15) is 0 Å². The Kier molecular flexibility index (Phi) is 1.20. The van der Waals surface area contributed by atoms with E-state index in [1.807, 2.05) is 0 Å². The van der Waals surface area contributed by atoms with Crippen LogP contribution < -0.4 is 5.32 Å². The van der Waals surface area contributed by atoms with Crippen LogP contribution in [0.4, 0.5) is 0 Å². The molecule has 1 N–H and O–H groups in total. The van der Waals surface area contributed by atoms with E-state index < -0.39 is 0 Å². The highest BCUT2D eigenvalue weighted by atomic mass is 32.2. The molecule has 0 aromatic rings. The van der Waals surface area contributed by atoms with Crippen LogP contribution in [0, 0.1) is 0 Å². The summed E-state index contributed by atoms with van der Waals surface area (Å²) >= 11 is 1.68. The van der Waals surface area contributed by atoms with Gasteiger partial charge in [0.05, 0.1) is 0 Å². The maximum atomic E-state index is 5.69. The van der Waals surface area contributed by atoms with E-state index in [2.05, 4.69) is 5.32 Å². The summed E-state index contributed by atoms with van der Waals surface area (Å²) in [4.78, 5) is 0.365. The van der Waals surface area contributed by atoms with E-state index in [0.717, 1.165) is 0 Å². The minimum absolute atomic E-state index is 0.260. The molecular weight excluding hydrogens is 158 g/mol. The number of fused-ring (bicyclic) bond motifs is 1. The predicted octanol–water partition coefficient (Wildman–Crippen LogP) is 1.67. The zero-order chi connectivity index (χ0) is 7.36. The summed E-state index contributed by atoms with van der Waals surface area (Å²) in [5.41, 5.74) is 0.260. The molecule has 0 aromatic carbocycles. The molecule has 1 saturated carbocycles. The van der Waals surface area contributed by atoms with Crippen molar-refractivity contribution < 1.29 is 4.18 Å². The lowest BCUT2D eigenvalue weighted by Gasteiger charge is -2.60. The van der Waals surface area contributed by atoms with Crippen LogP contribution in [-0.4, -0.2) is 17.0 Å². The monoisotopic (exact) mass is 171 g/mol. The quantitative estimate of drug-likeness (QED) is 0.560. The Balaban J connectivity index is 1.86. The van der Waals surface area contributed by atoms with Crippen molar-refractivity contribution in [3.8, 4) is 0 Å². The summed E-state index contributed by atoms with van der Waals surface area (Å²) < 4.78 is 5.69. The van der Waals surface area contributed by atoms with Crippen LogP contribution in [0.5, 0.6) is 0 Å². The van der Waals surface area contributed by atoms with Crippen LogP contribution in [-0.2, 0) is 4.18 Å². The molecule has 2 nitrogen and oxygen atoms in total. The molecule has 3 fully saturated rings. The van der Waals surface area contributed by atoms with Gasteiger partial charge in [-0.1, -0.05) is 12.8 Å². The van der Waals surface area contributed by atoms with Gasteiger partial charge < -0.3 is 4.18 Å². The van der Waals surface area contributed by atoms with Gasteiger partial charge in [-0.25, -0.2) is 0 Å². The lowest BCUT2D eigenvalue weighted by molar-refractivity contribution is -0.0457. The highest BCUT2D eigenvalue weighted by Crippen LogP contribution is 2.62. The van der Waals surface area contributed by atoms with E-state index in [0.29, 0.717) is 4.87 Å². The Morgan fingerprint density at radius 2 is 1.91 bits per heavy atom. The van der Waals surface area contributed by atoms with Crippen LogP contribution >= 0.6 is 12.0 Å². The third-order valence-electron chi connectivity index (χ3n) is 3.38. The molecule has 1 aliphatic carbocycles. The molecule has 2 aliphatic heterocycles. The minimum atomic E-state index is 0.260. The Labute approximate surface area is 71.3 Å². The predicted molar refractivity (Wildman–Crippen MR) is 45.2 cm³/mol. The standard InChI is InChI=1S/C8H13NOS/c1-2-4-7(3-1)8(11-10-7)5-6-9-8/h9H,1-6H2. The first-order valence-corrected chi connectivity index (χ1v) is 5.23. The van der Waals surface area contributed by atoms with Crippen LogP contribution in [0.3, 0.4) is 0 Å². The third kappa shape index (κ3) is 0.635. The average Bonchev–Trinajstić information content (AvgIpc) is 2.29. The average molecular weight is 171 g/mol. The molecule has 11 heavy (non-hydrogen) atoms. The van der Waals surface area contributed by atoms with Crippen molar-refractivity contribution in [2.45, 2.75) is 42.6 Å². The fourth-order valence-electron chi connectivity index (χ4n) is 2.51. The van der Waals surface area contributed by atoms with Gasteiger partial charge in [-0.3, -0.25) is 5.32 Å². The molecule has 1 unspecified atom stereocenters. The Bertz CT molecular complexity index is 179. The van der Waals surface area contributed by atoms with Crippen molar-refractivity contribution in [2.24, 2.45) is 0 Å². The smallest absolute Gasteiger partial charge is 0.123 e. The van der Waals surface area contributed by atoms with Gasteiger partial charge in [0.1, 0.15) is 10.5 Å². The number of hydrogen-bond donors (Lipinski definition) is 1. The molecule has 0 bridgehead atoms. The number of rotatable bonds is 0. The van der Waals surface area contributed by atoms with E-state index in [4.69, 9.17) is 4.18 Å². The summed E-state index contributed by atoms with van der Waals surface area (Å²) in [7, 11) is 0. The molecule has 2 saturated heterocycles. The first-order valence-electron chi connectivity index (χ1n) is 4.49. The van der Waals surface area contributed by atoms with Crippen LogP contribution in [0.1, 0.15) is 32.1 Å². The summed E-state index contributed by atoms with van der Waals surface area (Å²) in [6.07, 6.45) is 6.62. The zero-order valence-corrected chi connectivity index (χ0v) is 7.38. The first-order chi connectivity index (χ1) is 5.37. The molecule has 0 amide bonds. The Morgan fingerprint density at radius 3 is 2.27 bits per heavy atom. The van der Waals surface area contributed by atoms with Crippen molar-refractivity contribution in [1.29, 1.82) is 0 Å². The summed E-state index contributed by atoms with van der Waals surface area (Å²) in [6.45, 7) is 1.19. The van der Waals surface area contributed by atoms with Crippen molar-refractivity contribution in [2.75, 3.05) is 6.54 Å². The maximum Gasteiger partial charge on any atom is 0.123 e. The van der Waals surface area contributed by atoms with Gasteiger partial charge in [-0.15, -0.1) is 0 Å². The Morgan fingerprint density at radius 1 is 1.18 bits per heavy atom. The fraction of sp³-hybridized carbons (Fsp3) is 1.00. The van der Waals surface area contributed by atoms with Crippen LogP contribution in [0.25, 0.3) is 0 Å². The van der Waals surface area contributed by atoms with Crippen molar-refractivity contribution in [3.63, 3.8) is 0 Å². The third-order valence-corrected chi connectivity index (χ3v) is 4.79. The van der Waals surface area contributed by atoms with Crippen molar-refractivity contribution in [1.82, 2.24) is 5.32 Å². The SMILES string of the molecule is C1CCC2(C1)OSC21CCN1. The molecule has 3 rings (SSSR count). The summed E-state index contributed by atoms with van der Waals surface area (Å²) in [6, 6.07) is 0. The van der Waals surface area contributed by atoms with Gasteiger partial charge >= 0.3 is 0 Å². The largest absolute Gasteiger partial charge is 0.304 e. The van der Waals surface area contributed by atoms with E-state index in [9.17, 15) is 0 Å². The molecule has 3 aliphatic rings. The van der Waals surface area contributed by atoms with Crippen LogP contribution in [0.2, 0.25) is 0 Å². The van der Waals surface area contributed by atoms with Gasteiger partial charge in [0.2, 0.25) is 0 Å². The first kappa shape index (κ1) is 6.75. The lowest BCUT2D eigenvalue weighted by Crippen LogP contribution is -2.73. The van der Waals surface area contributed by atoms with Crippen LogP contribution in [0.15, 0.2) is 0 Å². The summed E-state index contributed by atoms with van der Waals surface area (Å²) in [5.74, 6) is 0. The lowest BCUT2D eigenvalue weighted by atomic mass is 9.84. The molecule has 3 heteroatoms.